The van der Waals surface area contributed by atoms with Crippen LogP contribution in [0.5, 0.6) is 0 Å². The van der Waals surface area contributed by atoms with E-state index in [2.05, 4.69) is 67.1 Å². The number of hydrazine groups is 1. The van der Waals surface area contributed by atoms with Gasteiger partial charge >= 0.3 is 12.4 Å². The lowest BCUT2D eigenvalue weighted by Crippen LogP contribution is -2.12. The number of carbonyl (C=O) groups is 1. The molecule has 0 aliphatic carbocycles. The standard InChI is InChI=1S/C24H19F4N7.C13H9F3N2O.C11H12FN5/c25-21-15-31-23(34-22(21)30-12-16-5-2-1-3-6-16)35-32-14-19-9-10-20(13-29-19)33-18-8-4-7-17(11-18)24(26,27)28;14-13(15,16)9-2-1-3-10(6-9)18-11-4-5-12(8-19)17-7-11;12-9-7-15-11(17-13)16-10(9)14-6-8-4-2-1-3-5-8/h1-11,13-15,33H,12H2,(H2,30,31,34,35);1-8,18H;1-5,7H,6,13H2,(H2,14,15,16,17)/b32-14+;;. The van der Waals surface area contributed by atoms with Crippen LogP contribution in [0.2, 0.25) is 0 Å². The molecule has 23 heteroatoms. The normalized spacial score (nSPS) is 11.0. The minimum atomic E-state index is -4.42. The number of nitrogen functional groups attached to an aromatic ring is 1. The lowest BCUT2D eigenvalue weighted by molar-refractivity contribution is -0.138. The maximum atomic E-state index is 14.0. The Morgan fingerprint density at radius 2 is 0.986 bits per heavy atom. The predicted molar refractivity (Wildman–Crippen MR) is 254 cm³/mol. The molecular weight excluding hydrogens is 941 g/mol. The van der Waals surface area contributed by atoms with Crippen LogP contribution in [0.4, 0.5) is 81.4 Å². The van der Waals surface area contributed by atoms with Crippen LogP contribution >= 0.6 is 0 Å². The molecule has 0 radical (unpaired) electrons. The number of benzene rings is 4. The van der Waals surface area contributed by atoms with Crippen LogP contribution in [-0.4, -0.2) is 42.4 Å². The number of anilines is 8. The number of hydrazone groups is 1. The van der Waals surface area contributed by atoms with Gasteiger partial charge in [0.25, 0.3) is 0 Å². The minimum Gasteiger partial charge on any atom is -0.363 e. The SMILES string of the molecule is Fc1cnc(N/N=C/c2ccc(Nc3cccc(C(F)(F)F)c3)cn2)nc1NCc1ccccc1.NNc1ncc(F)c(NCc2ccccc2)n1.O=Cc1ccc(Nc2cccc(C(F)(F)F)c2)cn1. The molecule has 4 aromatic carbocycles. The fraction of sp³-hybridized carbons (Fsp3) is 0.0833. The number of hydrogen-bond donors (Lipinski definition) is 7. The van der Waals surface area contributed by atoms with E-state index in [0.717, 1.165) is 47.8 Å². The molecule has 0 fully saturated rings. The van der Waals surface area contributed by atoms with Crippen molar-refractivity contribution in [2.45, 2.75) is 25.4 Å². The molecule has 0 saturated heterocycles. The predicted octanol–water partition coefficient (Wildman–Crippen LogP) is 11.0. The zero-order valence-electron chi connectivity index (χ0n) is 36.7. The third-order valence-electron chi connectivity index (χ3n) is 9.23. The average molecular weight is 981 g/mol. The second kappa shape index (κ2) is 24.8. The van der Waals surface area contributed by atoms with E-state index in [1.807, 2.05) is 60.7 Å². The van der Waals surface area contributed by atoms with E-state index in [1.165, 1.54) is 48.9 Å². The smallest absolute Gasteiger partial charge is 0.363 e. The number of alkyl halides is 6. The van der Waals surface area contributed by atoms with Gasteiger partial charge in [-0.25, -0.2) is 30.0 Å². The van der Waals surface area contributed by atoms with Gasteiger partial charge in [-0.05, 0) is 71.8 Å². The first-order chi connectivity index (χ1) is 34.1. The lowest BCUT2D eigenvalue weighted by atomic mass is 10.2. The summed E-state index contributed by atoms with van der Waals surface area (Å²) in [7, 11) is 0. The average Bonchev–Trinajstić information content (AvgIpc) is 3.37. The summed E-state index contributed by atoms with van der Waals surface area (Å²) in [5.41, 5.74) is 7.73. The van der Waals surface area contributed by atoms with Crippen LogP contribution in [0.3, 0.4) is 0 Å². The number of hydrogen-bond acceptors (Lipinski definition) is 15. The number of aldehydes is 1. The van der Waals surface area contributed by atoms with Crippen molar-refractivity contribution < 1.29 is 39.9 Å². The van der Waals surface area contributed by atoms with Crippen molar-refractivity contribution in [1.82, 2.24) is 29.9 Å². The van der Waals surface area contributed by atoms with Crippen molar-refractivity contribution >= 4 is 58.8 Å². The highest BCUT2D eigenvalue weighted by molar-refractivity contribution is 5.78. The third kappa shape index (κ3) is 16.6. The molecule has 0 aliphatic rings. The first-order valence-electron chi connectivity index (χ1n) is 20.8. The molecule has 0 saturated carbocycles. The number of nitrogens with one attached hydrogen (secondary N) is 6. The highest BCUT2D eigenvalue weighted by Crippen LogP contribution is 2.32. The minimum absolute atomic E-state index is 0.0321. The number of nitrogens with two attached hydrogens (primary N) is 1. The van der Waals surface area contributed by atoms with Crippen LogP contribution in [0, 0.1) is 11.6 Å². The van der Waals surface area contributed by atoms with Gasteiger partial charge in [0.1, 0.15) is 5.69 Å². The zero-order chi connectivity index (χ0) is 50.6. The van der Waals surface area contributed by atoms with E-state index in [4.69, 9.17) is 5.84 Å². The summed E-state index contributed by atoms with van der Waals surface area (Å²) in [6.45, 7) is 0.876. The Balaban J connectivity index is 0.000000193. The van der Waals surface area contributed by atoms with E-state index in [-0.39, 0.29) is 34.9 Å². The largest absolute Gasteiger partial charge is 0.416 e. The van der Waals surface area contributed by atoms with Gasteiger partial charge in [-0.1, -0.05) is 72.8 Å². The van der Waals surface area contributed by atoms with Gasteiger partial charge in [-0.3, -0.25) is 20.2 Å². The van der Waals surface area contributed by atoms with Gasteiger partial charge in [-0.15, -0.1) is 0 Å². The number of halogens is 8. The number of nitrogens with zero attached hydrogens (tertiary/aromatic N) is 7. The maximum absolute atomic E-state index is 14.0. The summed E-state index contributed by atoms with van der Waals surface area (Å²) in [5, 5.41) is 15.5. The molecule has 8 aromatic rings. The fourth-order valence-electron chi connectivity index (χ4n) is 5.81. The summed E-state index contributed by atoms with van der Waals surface area (Å²) in [6.07, 6.45) is -1.87. The summed E-state index contributed by atoms with van der Waals surface area (Å²) in [6, 6.07) is 35.1. The second-order valence-corrected chi connectivity index (χ2v) is 14.4. The van der Waals surface area contributed by atoms with Crippen molar-refractivity contribution in [2.24, 2.45) is 10.9 Å². The van der Waals surface area contributed by atoms with Gasteiger partial charge in [-0.2, -0.15) is 41.4 Å². The molecule has 0 amide bonds. The number of rotatable bonds is 15. The Morgan fingerprint density at radius 1 is 0.521 bits per heavy atom. The molecule has 4 heterocycles. The molecule has 8 rings (SSSR count). The highest BCUT2D eigenvalue weighted by atomic mass is 19.4. The first kappa shape index (κ1) is 51.3. The summed E-state index contributed by atoms with van der Waals surface area (Å²) in [5.74, 6) is 4.45. The molecule has 0 aliphatic heterocycles. The Labute approximate surface area is 399 Å². The summed E-state index contributed by atoms with van der Waals surface area (Å²) < 4.78 is 104. The van der Waals surface area contributed by atoms with Crippen molar-refractivity contribution in [3.63, 3.8) is 0 Å². The van der Waals surface area contributed by atoms with E-state index in [0.29, 0.717) is 42.1 Å². The Morgan fingerprint density at radius 3 is 1.42 bits per heavy atom. The van der Waals surface area contributed by atoms with Gasteiger partial charge < -0.3 is 21.3 Å². The van der Waals surface area contributed by atoms with Gasteiger partial charge in [0, 0.05) is 24.5 Å². The molecule has 71 heavy (non-hydrogen) atoms. The molecule has 8 N–H and O–H groups in total. The number of aromatic nitrogens is 6. The number of carbonyl (C=O) groups excluding carboxylic acids is 1. The van der Waals surface area contributed by atoms with Crippen LogP contribution in [0.15, 0.2) is 163 Å². The molecule has 15 nitrogen and oxygen atoms in total. The maximum Gasteiger partial charge on any atom is 0.416 e. The van der Waals surface area contributed by atoms with Crippen LogP contribution in [-0.2, 0) is 25.4 Å². The zero-order valence-corrected chi connectivity index (χ0v) is 36.7. The molecule has 4 aromatic heterocycles. The van der Waals surface area contributed by atoms with Gasteiger partial charge in [0.05, 0.1) is 59.2 Å². The van der Waals surface area contributed by atoms with Crippen LogP contribution in [0.25, 0.3) is 0 Å². The van der Waals surface area contributed by atoms with Crippen molar-refractivity contribution in [3.8, 4) is 0 Å². The lowest BCUT2D eigenvalue weighted by Gasteiger charge is -2.10. The number of pyridine rings is 2. The van der Waals surface area contributed by atoms with E-state index in [9.17, 15) is 39.9 Å². The second-order valence-electron chi connectivity index (χ2n) is 14.4. The molecule has 0 unspecified atom stereocenters. The molecule has 0 spiro atoms. The van der Waals surface area contributed by atoms with Gasteiger partial charge in [0.15, 0.2) is 29.6 Å². The van der Waals surface area contributed by atoms with Crippen molar-refractivity contribution in [2.75, 3.05) is 32.1 Å². The molecule has 364 valence electrons. The van der Waals surface area contributed by atoms with E-state index >= 15 is 0 Å². The third-order valence-corrected chi connectivity index (χ3v) is 9.23. The molecule has 0 atom stereocenters. The Hall–Kier alpha value is -9.12. The highest BCUT2D eigenvalue weighted by Gasteiger charge is 2.31. The topological polar surface area (TPSA) is 205 Å². The van der Waals surface area contributed by atoms with E-state index < -0.39 is 35.1 Å². The molecule has 0 bridgehead atoms. The van der Waals surface area contributed by atoms with Crippen LogP contribution in [0.1, 0.15) is 38.4 Å². The van der Waals surface area contributed by atoms with Crippen molar-refractivity contribution in [1.29, 1.82) is 0 Å². The van der Waals surface area contributed by atoms with Gasteiger partial charge in [0.2, 0.25) is 11.9 Å². The van der Waals surface area contributed by atoms with Crippen molar-refractivity contribution in [3.05, 3.63) is 204 Å². The Kier molecular flexibility index (Phi) is 17.9. The van der Waals surface area contributed by atoms with E-state index in [1.54, 1.807) is 18.2 Å². The quantitative estimate of drug-likeness (QED) is 0.0168. The fourth-order valence-corrected chi connectivity index (χ4v) is 5.81. The van der Waals surface area contributed by atoms with Crippen LogP contribution < -0.4 is 38.0 Å². The monoisotopic (exact) mass is 980 g/mol. The summed E-state index contributed by atoms with van der Waals surface area (Å²) >= 11 is 0. The Bertz CT molecular complexity index is 2970. The molecular formula is C48H40F8N14O. The first-order valence-corrected chi connectivity index (χ1v) is 20.8. The summed E-state index contributed by atoms with van der Waals surface area (Å²) in [4.78, 5) is 33.9.